The molecule has 2 aliphatic heterocycles. The molecule has 4 aromatic carbocycles. The topological polar surface area (TPSA) is 153 Å². The molecule has 0 bridgehead atoms. The molecule has 10 atom stereocenters. The van der Waals surface area contributed by atoms with Gasteiger partial charge in [0, 0.05) is 35.5 Å². The van der Waals surface area contributed by atoms with Crippen LogP contribution < -0.4 is 0 Å². The number of rotatable bonds is 23. The Hall–Kier alpha value is -4.81. The molecule has 0 spiro atoms. The van der Waals surface area contributed by atoms with E-state index in [4.69, 9.17) is 52.1 Å². The number of carbonyl (C=O) groups excluding carboxylic acids is 3. The number of carbonyl (C=O) groups is 3. The molecule has 0 N–H and O–H groups in total. The minimum absolute atomic E-state index is 0.0897. The average molecular weight is 929 g/mol. The molecule has 2 saturated heterocycles. The molecule has 2 heterocycles. The van der Waals surface area contributed by atoms with Gasteiger partial charge in [-0.3, -0.25) is 14.4 Å². The normalized spacial score (nSPS) is 25.4. The molecule has 66 heavy (non-hydrogen) atoms. The highest BCUT2D eigenvalue weighted by Gasteiger charge is 2.54. The standard InChI is InChI=1S/C51H64O14Si/c1-35(52)61-45-43(65-51(56-27-28-66(4,5)6)49(63-37(3)54)47(45)62-36(2)53)34-60-50-48(59-32-41-25-17-10-18-26-41)46(58-31-40-23-15-9-16-24-40)44(57-30-39-21-13-8-14-22-39)42(64-50)33-55-29-38-19-11-7-12-20-38/h7-26,42-51H,27-34H2,1-6H3/t42-,43-,44+,45+,46+,47+,48-,49-,50+,51-/m1/s1. The first-order valence-electron chi connectivity index (χ1n) is 22.5. The van der Waals surface area contributed by atoms with Crippen LogP contribution in [0.2, 0.25) is 25.7 Å². The van der Waals surface area contributed by atoms with Crippen molar-refractivity contribution < 1.29 is 66.5 Å². The van der Waals surface area contributed by atoms with E-state index in [9.17, 15) is 14.4 Å². The van der Waals surface area contributed by atoms with Crippen LogP contribution in [0, 0.1) is 0 Å². The van der Waals surface area contributed by atoms with E-state index >= 15 is 0 Å². The maximum absolute atomic E-state index is 12.8. The third-order valence-electron chi connectivity index (χ3n) is 10.9. The summed E-state index contributed by atoms with van der Waals surface area (Å²) in [5.74, 6) is -2.05. The van der Waals surface area contributed by atoms with Crippen molar-refractivity contribution in [1.82, 2.24) is 0 Å². The average Bonchev–Trinajstić information content (AvgIpc) is 3.29. The van der Waals surface area contributed by atoms with Gasteiger partial charge in [0.15, 0.2) is 30.9 Å². The van der Waals surface area contributed by atoms with Gasteiger partial charge in [-0.15, -0.1) is 0 Å². The van der Waals surface area contributed by atoms with Crippen molar-refractivity contribution >= 4 is 26.0 Å². The highest BCUT2D eigenvalue weighted by atomic mass is 28.3. The highest BCUT2D eigenvalue weighted by molar-refractivity contribution is 6.76. The molecule has 0 saturated carbocycles. The Morgan fingerprint density at radius 3 is 1.30 bits per heavy atom. The lowest BCUT2D eigenvalue weighted by Gasteiger charge is -2.47. The Kier molecular flexibility index (Phi) is 19.4. The summed E-state index contributed by atoms with van der Waals surface area (Å²) in [7, 11) is -1.60. The van der Waals surface area contributed by atoms with Crippen molar-refractivity contribution in [2.75, 3.05) is 19.8 Å². The second-order valence-corrected chi connectivity index (χ2v) is 23.2. The maximum atomic E-state index is 12.8. The number of esters is 3. The lowest BCUT2D eigenvalue weighted by molar-refractivity contribution is -0.345. The van der Waals surface area contributed by atoms with Crippen LogP contribution >= 0.6 is 0 Å². The number of hydrogen-bond acceptors (Lipinski definition) is 14. The van der Waals surface area contributed by atoms with Crippen LogP contribution in [-0.4, -0.2) is 107 Å². The Labute approximate surface area is 389 Å². The van der Waals surface area contributed by atoms with Gasteiger partial charge >= 0.3 is 17.9 Å². The van der Waals surface area contributed by atoms with Gasteiger partial charge in [0.05, 0.1) is 39.6 Å². The minimum Gasteiger partial charge on any atom is -0.456 e. The molecule has 0 radical (unpaired) electrons. The Balaban J connectivity index is 1.36. The number of hydrogen-bond donors (Lipinski definition) is 0. The lowest BCUT2D eigenvalue weighted by atomic mass is 9.97. The summed E-state index contributed by atoms with van der Waals surface area (Å²) in [6.45, 7) is 11.3. The zero-order valence-electron chi connectivity index (χ0n) is 38.7. The maximum Gasteiger partial charge on any atom is 0.303 e. The molecule has 356 valence electrons. The van der Waals surface area contributed by atoms with Crippen LogP contribution in [0.5, 0.6) is 0 Å². The van der Waals surface area contributed by atoms with Gasteiger partial charge in [0.25, 0.3) is 0 Å². The van der Waals surface area contributed by atoms with E-state index in [1.807, 2.05) is 121 Å². The molecule has 0 aliphatic carbocycles. The Bertz CT molecular complexity index is 2050. The molecule has 14 nitrogen and oxygen atoms in total. The highest BCUT2D eigenvalue weighted by Crippen LogP contribution is 2.34. The molecular formula is C51H64O14Si. The van der Waals surface area contributed by atoms with E-state index in [2.05, 4.69) is 19.6 Å². The van der Waals surface area contributed by atoms with Crippen molar-refractivity contribution in [2.45, 2.75) is 134 Å². The summed E-state index contributed by atoms with van der Waals surface area (Å²) in [6, 6.07) is 39.9. The van der Waals surface area contributed by atoms with Crippen LogP contribution in [0.1, 0.15) is 43.0 Å². The summed E-state index contributed by atoms with van der Waals surface area (Å²) in [4.78, 5) is 37.9. The van der Waals surface area contributed by atoms with Crippen LogP contribution in [0.3, 0.4) is 0 Å². The third-order valence-corrected chi connectivity index (χ3v) is 12.6. The fraction of sp³-hybridized carbons (Fsp3) is 0.471. The predicted molar refractivity (Wildman–Crippen MR) is 245 cm³/mol. The molecule has 15 heteroatoms. The van der Waals surface area contributed by atoms with Crippen molar-refractivity contribution in [3.63, 3.8) is 0 Å². The Morgan fingerprint density at radius 1 is 0.439 bits per heavy atom. The van der Waals surface area contributed by atoms with E-state index in [1.165, 1.54) is 20.8 Å². The summed E-state index contributed by atoms with van der Waals surface area (Å²) in [5, 5.41) is 0. The zero-order valence-corrected chi connectivity index (χ0v) is 39.7. The lowest BCUT2D eigenvalue weighted by Crippen LogP contribution is -2.64. The van der Waals surface area contributed by atoms with E-state index in [0.29, 0.717) is 6.61 Å². The quantitative estimate of drug-likeness (QED) is 0.0408. The first-order valence-corrected chi connectivity index (χ1v) is 26.2. The van der Waals surface area contributed by atoms with Gasteiger partial charge in [0.1, 0.15) is 30.5 Å². The van der Waals surface area contributed by atoms with E-state index in [0.717, 1.165) is 28.3 Å². The van der Waals surface area contributed by atoms with Crippen LogP contribution in [-0.2, 0) is 92.9 Å². The first kappa shape index (κ1) is 50.6. The van der Waals surface area contributed by atoms with Gasteiger partial charge in [-0.2, -0.15) is 0 Å². The molecule has 0 unspecified atom stereocenters. The van der Waals surface area contributed by atoms with Crippen molar-refractivity contribution in [2.24, 2.45) is 0 Å². The largest absolute Gasteiger partial charge is 0.456 e. The monoisotopic (exact) mass is 928 g/mol. The zero-order chi connectivity index (χ0) is 46.9. The van der Waals surface area contributed by atoms with Crippen LogP contribution in [0.25, 0.3) is 0 Å². The summed E-state index contributed by atoms with van der Waals surface area (Å²) in [5.41, 5.74) is 3.76. The summed E-state index contributed by atoms with van der Waals surface area (Å²) >= 11 is 0. The van der Waals surface area contributed by atoms with Crippen molar-refractivity contribution in [3.8, 4) is 0 Å². The third kappa shape index (κ3) is 15.9. The predicted octanol–water partition coefficient (Wildman–Crippen LogP) is 7.58. The van der Waals surface area contributed by atoms with Gasteiger partial charge in [-0.05, 0) is 28.3 Å². The smallest absolute Gasteiger partial charge is 0.303 e. The van der Waals surface area contributed by atoms with Gasteiger partial charge in [-0.25, -0.2) is 0 Å². The first-order chi connectivity index (χ1) is 31.8. The van der Waals surface area contributed by atoms with Gasteiger partial charge in [0.2, 0.25) is 0 Å². The van der Waals surface area contributed by atoms with Crippen LogP contribution in [0.15, 0.2) is 121 Å². The van der Waals surface area contributed by atoms with E-state index < -0.39 is 87.4 Å². The second-order valence-electron chi connectivity index (χ2n) is 17.6. The number of benzene rings is 4. The van der Waals surface area contributed by atoms with Crippen molar-refractivity contribution in [3.05, 3.63) is 144 Å². The molecule has 0 aromatic heterocycles. The molecule has 4 aromatic rings. The molecule has 0 amide bonds. The Morgan fingerprint density at radius 2 is 0.833 bits per heavy atom. The van der Waals surface area contributed by atoms with E-state index in [1.54, 1.807) is 0 Å². The van der Waals surface area contributed by atoms with Crippen molar-refractivity contribution in [1.29, 1.82) is 0 Å². The SMILES string of the molecule is CC(=O)O[C@H]1[C@@H](OC(C)=O)[C@@H](CO[C@H]2O[C@H](COCc3ccccc3)[C@H](OCc3ccccc3)[C@H](OCc3ccccc3)[C@H]2OCc2ccccc2)O[C@@H](OCC[Si](C)(C)C)[C@@H]1OC(C)=O. The molecule has 2 aliphatic rings. The number of ether oxygens (including phenoxy) is 11. The second kappa shape index (κ2) is 25.4. The van der Waals surface area contributed by atoms with Crippen LogP contribution in [0.4, 0.5) is 0 Å². The molecular weight excluding hydrogens is 865 g/mol. The summed E-state index contributed by atoms with van der Waals surface area (Å²) in [6.07, 6.45) is -10.6. The molecule has 2 fully saturated rings. The minimum atomic E-state index is -1.60. The summed E-state index contributed by atoms with van der Waals surface area (Å²) < 4.78 is 70.5. The fourth-order valence-electron chi connectivity index (χ4n) is 7.68. The van der Waals surface area contributed by atoms with Gasteiger partial charge in [-0.1, -0.05) is 141 Å². The molecule has 6 rings (SSSR count). The van der Waals surface area contributed by atoms with E-state index in [-0.39, 0.29) is 39.6 Å². The fourth-order valence-corrected chi connectivity index (χ4v) is 8.41. The van der Waals surface area contributed by atoms with Gasteiger partial charge < -0.3 is 52.1 Å².